The van der Waals surface area contributed by atoms with Crippen LogP contribution in [0.5, 0.6) is 0 Å². The Morgan fingerprint density at radius 1 is 1.47 bits per heavy atom. The van der Waals surface area contributed by atoms with Gasteiger partial charge in [-0.15, -0.1) is 0 Å². The van der Waals surface area contributed by atoms with E-state index in [0.717, 1.165) is 24.3 Å². The predicted molar refractivity (Wildman–Crippen MR) is 66.9 cm³/mol. The molecule has 1 aliphatic heterocycles. The van der Waals surface area contributed by atoms with Gasteiger partial charge >= 0.3 is 0 Å². The number of fused-ring (bicyclic) bond motifs is 1. The minimum atomic E-state index is 0.0862. The number of nitrogens with one attached hydrogen (secondary N) is 1. The van der Waals surface area contributed by atoms with Crippen LogP contribution in [-0.2, 0) is 11.2 Å². The van der Waals surface area contributed by atoms with Gasteiger partial charge in [0.2, 0.25) is 5.91 Å². The highest BCUT2D eigenvalue weighted by Gasteiger charge is 2.15. The number of anilines is 2. The topological polar surface area (TPSA) is 56.1 Å². The fourth-order valence-electron chi connectivity index (χ4n) is 1.95. The van der Waals surface area contributed by atoms with Crippen molar-refractivity contribution in [1.82, 2.24) is 0 Å². The van der Waals surface area contributed by atoms with E-state index in [1.165, 1.54) is 5.56 Å². The van der Waals surface area contributed by atoms with Gasteiger partial charge in [-0.1, -0.05) is 0 Å². The van der Waals surface area contributed by atoms with Crippen molar-refractivity contribution in [2.45, 2.75) is 19.3 Å². The number of benzene rings is 1. The number of carbonyl (C=O) groups excluding carboxylic acids is 1. The molecule has 0 unspecified atom stereocenters. The van der Waals surface area contributed by atoms with Crippen molar-refractivity contribution in [3.63, 3.8) is 0 Å². The van der Waals surface area contributed by atoms with Crippen molar-refractivity contribution in [1.29, 1.82) is 5.26 Å². The third-order valence-electron chi connectivity index (χ3n) is 2.98. The number of aryl methyl sites for hydroxylation is 1. The van der Waals surface area contributed by atoms with E-state index in [0.29, 0.717) is 12.8 Å². The van der Waals surface area contributed by atoms with E-state index in [9.17, 15) is 4.79 Å². The maximum absolute atomic E-state index is 11.2. The van der Waals surface area contributed by atoms with Crippen molar-refractivity contribution >= 4 is 17.3 Å². The Morgan fingerprint density at radius 2 is 2.29 bits per heavy atom. The summed E-state index contributed by atoms with van der Waals surface area (Å²) in [6, 6.07) is 8.14. The minimum absolute atomic E-state index is 0.0862. The molecule has 17 heavy (non-hydrogen) atoms. The first-order chi connectivity index (χ1) is 8.20. The van der Waals surface area contributed by atoms with Crippen molar-refractivity contribution in [3.8, 4) is 6.07 Å². The lowest BCUT2D eigenvalue weighted by Crippen LogP contribution is -2.21. The van der Waals surface area contributed by atoms with E-state index < -0.39 is 0 Å². The van der Waals surface area contributed by atoms with Crippen LogP contribution in [0.4, 0.5) is 11.4 Å². The number of nitriles is 1. The third-order valence-corrected chi connectivity index (χ3v) is 2.98. The van der Waals surface area contributed by atoms with E-state index in [-0.39, 0.29) is 5.91 Å². The molecule has 0 saturated carbocycles. The van der Waals surface area contributed by atoms with Crippen LogP contribution in [0, 0.1) is 11.3 Å². The first kappa shape index (κ1) is 11.5. The normalized spacial score (nSPS) is 13.5. The lowest BCUT2D eigenvalue weighted by Gasteiger charge is -2.22. The van der Waals surface area contributed by atoms with Crippen LogP contribution in [0.3, 0.4) is 0 Å². The fraction of sp³-hybridized carbons (Fsp3) is 0.385. The molecule has 4 heteroatoms. The maximum atomic E-state index is 11.2. The average molecular weight is 229 g/mol. The molecule has 1 heterocycles. The number of rotatable bonds is 3. The second-order valence-electron chi connectivity index (χ2n) is 4.22. The minimum Gasteiger partial charge on any atom is -0.374 e. The van der Waals surface area contributed by atoms with Gasteiger partial charge in [0.1, 0.15) is 0 Å². The Kier molecular flexibility index (Phi) is 3.29. The SMILES string of the molecule is CN(CCC#N)c1ccc2c(c1)CCC(=O)N2. The summed E-state index contributed by atoms with van der Waals surface area (Å²) in [6.45, 7) is 0.724. The molecule has 1 aromatic rings. The summed E-state index contributed by atoms with van der Waals surface area (Å²) in [5, 5.41) is 11.4. The number of hydrogen-bond acceptors (Lipinski definition) is 3. The van der Waals surface area contributed by atoms with Gasteiger partial charge in [0.25, 0.3) is 0 Å². The van der Waals surface area contributed by atoms with Gasteiger partial charge in [-0.05, 0) is 30.2 Å². The van der Waals surface area contributed by atoms with E-state index in [1.54, 1.807) is 0 Å². The van der Waals surface area contributed by atoms with Crippen LogP contribution < -0.4 is 10.2 Å². The molecule has 4 nitrogen and oxygen atoms in total. The van der Waals surface area contributed by atoms with Crippen molar-refractivity contribution in [2.75, 3.05) is 23.8 Å². The first-order valence-electron chi connectivity index (χ1n) is 5.71. The molecule has 0 aliphatic carbocycles. The fourth-order valence-corrected chi connectivity index (χ4v) is 1.95. The molecule has 1 amide bonds. The Morgan fingerprint density at radius 3 is 3.06 bits per heavy atom. The summed E-state index contributed by atoms with van der Waals surface area (Å²) in [4.78, 5) is 13.3. The first-order valence-corrected chi connectivity index (χ1v) is 5.71. The van der Waals surface area contributed by atoms with E-state index in [1.807, 2.05) is 19.2 Å². The highest BCUT2D eigenvalue weighted by atomic mass is 16.1. The molecule has 88 valence electrons. The highest BCUT2D eigenvalue weighted by molar-refractivity contribution is 5.94. The highest BCUT2D eigenvalue weighted by Crippen LogP contribution is 2.27. The molecule has 0 fully saturated rings. The number of nitrogens with zero attached hydrogens (tertiary/aromatic N) is 2. The lowest BCUT2D eigenvalue weighted by atomic mass is 10.0. The molecule has 0 radical (unpaired) electrons. The maximum Gasteiger partial charge on any atom is 0.224 e. The Labute approximate surface area is 101 Å². The molecule has 0 spiro atoms. The van der Waals surface area contributed by atoms with E-state index in [2.05, 4.69) is 22.4 Å². The number of carbonyl (C=O) groups is 1. The summed E-state index contributed by atoms with van der Waals surface area (Å²) >= 11 is 0. The van der Waals surface area contributed by atoms with Crippen LogP contribution in [0.25, 0.3) is 0 Å². The molecule has 1 N–H and O–H groups in total. The molecule has 1 aromatic carbocycles. The van der Waals surface area contributed by atoms with Gasteiger partial charge in [0.05, 0.1) is 12.5 Å². The smallest absolute Gasteiger partial charge is 0.224 e. The Bertz CT molecular complexity index is 476. The molecule has 0 saturated heterocycles. The molecule has 0 bridgehead atoms. The van der Waals surface area contributed by atoms with Crippen LogP contribution >= 0.6 is 0 Å². The number of hydrogen-bond donors (Lipinski definition) is 1. The largest absolute Gasteiger partial charge is 0.374 e. The van der Waals surface area contributed by atoms with Gasteiger partial charge < -0.3 is 10.2 Å². The predicted octanol–water partition coefficient (Wildman–Crippen LogP) is 1.92. The van der Waals surface area contributed by atoms with Crippen LogP contribution in [0.1, 0.15) is 18.4 Å². The molecule has 2 rings (SSSR count). The second kappa shape index (κ2) is 4.88. The standard InChI is InChI=1S/C13H15N3O/c1-16(8-2-7-14)11-4-5-12-10(9-11)3-6-13(17)15-12/h4-5,9H,2-3,6,8H2,1H3,(H,15,17). The lowest BCUT2D eigenvalue weighted by molar-refractivity contribution is -0.116. The summed E-state index contributed by atoms with van der Waals surface area (Å²) in [5.41, 5.74) is 3.18. The van der Waals surface area contributed by atoms with Crippen molar-refractivity contribution in [3.05, 3.63) is 23.8 Å². The monoisotopic (exact) mass is 229 g/mol. The molecule has 1 aliphatic rings. The van der Waals surface area contributed by atoms with Gasteiger partial charge in [0.15, 0.2) is 0 Å². The van der Waals surface area contributed by atoms with Crippen LogP contribution in [-0.4, -0.2) is 19.5 Å². The summed E-state index contributed by atoms with van der Waals surface area (Å²) < 4.78 is 0. The summed E-state index contributed by atoms with van der Waals surface area (Å²) in [6.07, 6.45) is 1.86. The van der Waals surface area contributed by atoms with E-state index in [4.69, 9.17) is 5.26 Å². The van der Waals surface area contributed by atoms with Crippen molar-refractivity contribution < 1.29 is 4.79 Å². The quantitative estimate of drug-likeness (QED) is 0.861. The Hall–Kier alpha value is -2.02. The summed E-state index contributed by atoms with van der Waals surface area (Å²) in [7, 11) is 1.97. The average Bonchev–Trinajstić information content (AvgIpc) is 2.35. The Balaban J connectivity index is 2.16. The third kappa shape index (κ3) is 2.56. The van der Waals surface area contributed by atoms with Gasteiger partial charge in [-0.3, -0.25) is 4.79 Å². The van der Waals surface area contributed by atoms with Gasteiger partial charge in [-0.2, -0.15) is 5.26 Å². The summed E-state index contributed by atoms with van der Waals surface area (Å²) in [5.74, 6) is 0.0862. The molecular formula is C13H15N3O. The molecule has 0 aromatic heterocycles. The van der Waals surface area contributed by atoms with Crippen LogP contribution in [0.2, 0.25) is 0 Å². The van der Waals surface area contributed by atoms with Gasteiger partial charge in [0, 0.05) is 31.4 Å². The molecular weight excluding hydrogens is 214 g/mol. The second-order valence-corrected chi connectivity index (χ2v) is 4.22. The zero-order chi connectivity index (χ0) is 12.3. The van der Waals surface area contributed by atoms with Gasteiger partial charge in [-0.25, -0.2) is 0 Å². The number of amides is 1. The van der Waals surface area contributed by atoms with Crippen molar-refractivity contribution in [2.24, 2.45) is 0 Å². The van der Waals surface area contributed by atoms with Crippen LogP contribution in [0.15, 0.2) is 18.2 Å². The zero-order valence-electron chi connectivity index (χ0n) is 9.86. The molecule has 0 atom stereocenters. The zero-order valence-corrected chi connectivity index (χ0v) is 9.86. The van der Waals surface area contributed by atoms with E-state index >= 15 is 0 Å².